The second kappa shape index (κ2) is 10.7. The lowest BCUT2D eigenvalue weighted by molar-refractivity contribution is -0.143. The Bertz CT molecular complexity index is 1310. The van der Waals surface area contributed by atoms with Crippen molar-refractivity contribution in [1.29, 1.82) is 0 Å². The molecular weight excluding hydrogens is 426 g/mol. The quantitative estimate of drug-likeness (QED) is 0.364. The first-order chi connectivity index (χ1) is 16.5. The van der Waals surface area contributed by atoms with Gasteiger partial charge in [0.05, 0.1) is 18.7 Å². The second-order valence-electron chi connectivity index (χ2n) is 8.61. The normalized spacial score (nSPS) is 10.9. The van der Waals surface area contributed by atoms with Gasteiger partial charge in [0.2, 0.25) is 5.43 Å². The Morgan fingerprint density at radius 1 is 0.971 bits per heavy atom. The van der Waals surface area contributed by atoms with E-state index in [2.05, 4.69) is 10.1 Å². The van der Waals surface area contributed by atoms with Crippen LogP contribution in [0.4, 0.5) is 0 Å². The van der Waals surface area contributed by atoms with Crippen molar-refractivity contribution in [2.45, 2.75) is 26.7 Å². The molecule has 0 aliphatic rings. The fourth-order valence-corrected chi connectivity index (χ4v) is 3.57. The first-order valence-corrected chi connectivity index (χ1v) is 11.3. The molecule has 2 aromatic heterocycles. The Morgan fingerprint density at radius 3 is 2.50 bits per heavy atom. The van der Waals surface area contributed by atoms with Crippen molar-refractivity contribution in [3.8, 4) is 16.8 Å². The fourth-order valence-electron chi connectivity index (χ4n) is 3.57. The molecular formula is C28H27N3O3. The molecule has 0 spiro atoms. The number of benzene rings is 2. The van der Waals surface area contributed by atoms with Gasteiger partial charge in [-0.1, -0.05) is 56.3 Å². The predicted octanol–water partition coefficient (Wildman–Crippen LogP) is 4.63. The van der Waals surface area contributed by atoms with Crippen LogP contribution >= 0.6 is 0 Å². The average molecular weight is 454 g/mol. The largest absolute Gasteiger partial charge is 0.465 e. The number of pyridine rings is 1. The summed E-state index contributed by atoms with van der Waals surface area (Å²) >= 11 is 0. The minimum absolute atomic E-state index is 0.120. The topological polar surface area (TPSA) is 74.1 Å². The average Bonchev–Trinajstić information content (AvgIpc) is 2.85. The zero-order valence-electron chi connectivity index (χ0n) is 19.3. The minimum Gasteiger partial charge on any atom is -0.465 e. The molecule has 172 valence electrons. The number of carbonyl (C=O) groups is 1. The van der Waals surface area contributed by atoms with Gasteiger partial charge in [-0.25, -0.2) is 4.68 Å². The maximum atomic E-state index is 12.5. The van der Waals surface area contributed by atoms with E-state index in [4.69, 9.17) is 4.74 Å². The molecule has 0 N–H and O–H groups in total. The molecule has 0 bridgehead atoms. The molecule has 0 atom stereocenters. The Kier molecular flexibility index (Phi) is 7.28. The zero-order chi connectivity index (χ0) is 23.9. The minimum atomic E-state index is -0.249. The van der Waals surface area contributed by atoms with E-state index in [-0.39, 0.29) is 17.8 Å². The van der Waals surface area contributed by atoms with Gasteiger partial charge in [0.15, 0.2) is 0 Å². The van der Waals surface area contributed by atoms with Gasteiger partial charge in [-0.05, 0) is 46.4 Å². The van der Waals surface area contributed by atoms with Crippen molar-refractivity contribution in [3.05, 3.63) is 112 Å². The van der Waals surface area contributed by atoms with Crippen LogP contribution in [0, 0.1) is 5.92 Å². The summed E-state index contributed by atoms with van der Waals surface area (Å²) < 4.78 is 6.98. The van der Waals surface area contributed by atoms with Gasteiger partial charge < -0.3 is 4.74 Å². The molecule has 4 rings (SSSR count). The number of aromatic nitrogens is 3. The summed E-state index contributed by atoms with van der Waals surface area (Å²) in [5.41, 5.74) is 5.05. The van der Waals surface area contributed by atoms with Crippen LogP contribution in [0.15, 0.2) is 90.1 Å². The van der Waals surface area contributed by atoms with E-state index in [9.17, 15) is 9.59 Å². The van der Waals surface area contributed by atoms with Crippen molar-refractivity contribution < 1.29 is 9.53 Å². The van der Waals surface area contributed by atoms with E-state index in [0.717, 1.165) is 27.9 Å². The van der Waals surface area contributed by atoms with E-state index in [1.54, 1.807) is 17.1 Å². The van der Waals surface area contributed by atoms with Crippen LogP contribution in [0.5, 0.6) is 0 Å². The molecule has 0 aliphatic carbocycles. The summed E-state index contributed by atoms with van der Waals surface area (Å²) in [6, 6.07) is 21.0. The summed E-state index contributed by atoms with van der Waals surface area (Å²) in [4.78, 5) is 28.7. The third-order valence-corrected chi connectivity index (χ3v) is 5.30. The van der Waals surface area contributed by atoms with Gasteiger partial charge in [0, 0.05) is 31.1 Å². The van der Waals surface area contributed by atoms with Crippen molar-refractivity contribution >= 4 is 5.97 Å². The Morgan fingerprint density at radius 2 is 1.76 bits per heavy atom. The first kappa shape index (κ1) is 23.1. The van der Waals surface area contributed by atoms with E-state index in [0.29, 0.717) is 24.6 Å². The van der Waals surface area contributed by atoms with E-state index in [1.807, 2.05) is 80.7 Å². The molecule has 0 unspecified atom stereocenters. The van der Waals surface area contributed by atoms with Crippen LogP contribution in [0.1, 0.15) is 30.7 Å². The third-order valence-electron chi connectivity index (χ3n) is 5.30. The van der Waals surface area contributed by atoms with Crippen LogP contribution in [-0.2, 0) is 22.4 Å². The van der Waals surface area contributed by atoms with Gasteiger partial charge in [0.25, 0.3) is 0 Å². The van der Waals surface area contributed by atoms with E-state index >= 15 is 0 Å². The lowest BCUT2D eigenvalue weighted by Crippen LogP contribution is -2.16. The predicted molar refractivity (Wildman–Crippen MR) is 132 cm³/mol. The highest BCUT2D eigenvalue weighted by atomic mass is 16.5. The molecule has 4 aromatic rings. The van der Waals surface area contributed by atoms with Crippen molar-refractivity contribution in [1.82, 2.24) is 14.8 Å². The van der Waals surface area contributed by atoms with Gasteiger partial charge in [-0.15, -0.1) is 0 Å². The van der Waals surface area contributed by atoms with Crippen LogP contribution in [-0.4, -0.2) is 27.3 Å². The highest BCUT2D eigenvalue weighted by Gasteiger charge is 2.10. The van der Waals surface area contributed by atoms with Crippen LogP contribution in [0.3, 0.4) is 0 Å². The number of nitrogens with zero attached hydrogens (tertiary/aromatic N) is 3. The van der Waals surface area contributed by atoms with Crippen LogP contribution in [0.25, 0.3) is 16.8 Å². The van der Waals surface area contributed by atoms with Crippen LogP contribution in [0.2, 0.25) is 0 Å². The van der Waals surface area contributed by atoms with E-state index < -0.39 is 0 Å². The molecule has 0 radical (unpaired) electrons. The number of hydrogen-bond donors (Lipinski definition) is 0. The molecule has 0 saturated heterocycles. The molecule has 6 heteroatoms. The smallest absolute Gasteiger partial charge is 0.310 e. The second-order valence-corrected chi connectivity index (χ2v) is 8.61. The first-order valence-electron chi connectivity index (χ1n) is 11.3. The molecule has 2 aromatic carbocycles. The number of carbonyl (C=O) groups excluding carboxylic acids is 1. The van der Waals surface area contributed by atoms with E-state index in [1.165, 1.54) is 6.07 Å². The molecule has 0 saturated carbocycles. The third kappa shape index (κ3) is 6.04. The number of esters is 1. The highest BCUT2D eigenvalue weighted by Crippen LogP contribution is 2.19. The van der Waals surface area contributed by atoms with Crippen molar-refractivity contribution in [3.63, 3.8) is 0 Å². The monoisotopic (exact) mass is 453 g/mol. The molecule has 0 fully saturated rings. The molecule has 34 heavy (non-hydrogen) atoms. The number of ether oxygens (including phenoxy) is 1. The Labute approximate surface area is 198 Å². The van der Waals surface area contributed by atoms with Crippen molar-refractivity contribution in [2.75, 3.05) is 6.61 Å². The fraction of sp³-hybridized carbons (Fsp3) is 0.214. The molecule has 0 amide bonds. The van der Waals surface area contributed by atoms with Gasteiger partial charge >= 0.3 is 5.97 Å². The summed E-state index contributed by atoms with van der Waals surface area (Å²) in [5, 5.41) is 4.58. The maximum Gasteiger partial charge on any atom is 0.310 e. The zero-order valence-corrected chi connectivity index (χ0v) is 19.3. The van der Waals surface area contributed by atoms with Gasteiger partial charge in [-0.3, -0.25) is 14.6 Å². The maximum absolute atomic E-state index is 12.5. The summed E-state index contributed by atoms with van der Waals surface area (Å²) in [6.07, 6.45) is 5.82. The number of hydrogen-bond acceptors (Lipinski definition) is 5. The lowest BCUT2D eigenvalue weighted by atomic mass is 10.0. The summed E-state index contributed by atoms with van der Waals surface area (Å²) in [6.45, 7) is 4.42. The highest BCUT2D eigenvalue weighted by molar-refractivity contribution is 5.72. The molecule has 6 nitrogen and oxygen atoms in total. The standard InChI is InChI=1S/C28H27N3O3/c1-20(2)19-34-28(33)17-22-6-3-5-21(15-22)16-26-27(32)12-14-31(30-26)25-10-8-23(9-11-25)24-7-4-13-29-18-24/h3-15,18,20H,16-17,19H2,1-2H3. The van der Waals surface area contributed by atoms with Gasteiger partial charge in [0.1, 0.15) is 5.69 Å². The van der Waals surface area contributed by atoms with Crippen molar-refractivity contribution in [2.24, 2.45) is 5.92 Å². The summed E-state index contributed by atoms with van der Waals surface area (Å²) in [7, 11) is 0. The SMILES string of the molecule is CC(C)COC(=O)Cc1cccc(Cc2nn(-c3ccc(-c4cccnc4)cc3)ccc2=O)c1. The summed E-state index contributed by atoms with van der Waals surface area (Å²) in [5.74, 6) is 0.0499. The van der Waals surface area contributed by atoms with Crippen LogP contribution < -0.4 is 5.43 Å². The Balaban J connectivity index is 1.50. The molecule has 2 heterocycles. The van der Waals surface area contributed by atoms with Gasteiger partial charge in [-0.2, -0.15) is 5.10 Å². The lowest BCUT2D eigenvalue weighted by Gasteiger charge is -2.10. The number of rotatable bonds is 8. The Hall–Kier alpha value is -4.06. The molecule has 0 aliphatic heterocycles.